The first kappa shape index (κ1) is 14.1. The van der Waals surface area contributed by atoms with Gasteiger partial charge in [0.2, 0.25) is 0 Å². The maximum Gasteiger partial charge on any atom is 0.251 e. The van der Waals surface area contributed by atoms with Crippen molar-refractivity contribution in [2.24, 2.45) is 5.92 Å². The molecule has 1 amide bonds. The first-order chi connectivity index (χ1) is 10.1. The summed E-state index contributed by atoms with van der Waals surface area (Å²) in [6.45, 7) is 4.60. The Morgan fingerprint density at radius 2 is 2.00 bits per heavy atom. The number of nitrogens with one attached hydrogen (secondary N) is 1. The topological polar surface area (TPSA) is 46.9 Å². The predicted octanol–water partition coefficient (Wildman–Crippen LogP) is 3.28. The molecule has 1 aromatic heterocycles. The maximum absolute atomic E-state index is 12.0. The lowest BCUT2D eigenvalue weighted by Gasteiger charge is -2.07. The zero-order chi connectivity index (χ0) is 15.0. The number of aromatic nitrogens is 2. The molecule has 21 heavy (non-hydrogen) atoms. The zero-order valence-corrected chi connectivity index (χ0v) is 12.9. The minimum Gasteiger partial charge on any atom is -0.352 e. The van der Waals surface area contributed by atoms with Crippen molar-refractivity contribution in [1.82, 2.24) is 15.1 Å². The Labute approximate surface area is 129 Å². The van der Waals surface area contributed by atoms with E-state index in [2.05, 4.69) is 10.4 Å². The summed E-state index contributed by atoms with van der Waals surface area (Å²) in [6, 6.07) is 7.42. The predicted molar refractivity (Wildman–Crippen MR) is 83.1 cm³/mol. The van der Waals surface area contributed by atoms with E-state index in [1.165, 1.54) is 12.8 Å². The summed E-state index contributed by atoms with van der Waals surface area (Å²) in [6.07, 6.45) is 2.47. The van der Waals surface area contributed by atoms with Crippen LogP contribution in [0.3, 0.4) is 0 Å². The first-order valence-corrected chi connectivity index (χ1v) is 7.54. The highest BCUT2D eigenvalue weighted by molar-refractivity contribution is 6.31. The lowest BCUT2D eigenvalue weighted by molar-refractivity contribution is 0.0952. The number of nitrogens with zero attached hydrogens (tertiary/aromatic N) is 2. The van der Waals surface area contributed by atoms with Gasteiger partial charge in [0, 0.05) is 12.1 Å². The molecular weight excluding hydrogens is 286 g/mol. The van der Waals surface area contributed by atoms with Gasteiger partial charge in [0.25, 0.3) is 5.91 Å². The van der Waals surface area contributed by atoms with Gasteiger partial charge in [-0.2, -0.15) is 5.10 Å². The zero-order valence-electron chi connectivity index (χ0n) is 12.2. The Hall–Kier alpha value is -1.81. The lowest BCUT2D eigenvalue weighted by atomic mass is 10.2. The fourth-order valence-electron chi connectivity index (χ4n) is 2.29. The molecule has 1 aromatic carbocycles. The SMILES string of the molecule is Cc1nn(-c2ccc(C(=O)NCC3CC3)cc2)c(C)c1Cl. The number of carbonyl (C=O) groups is 1. The van der Waals surface area contributed by atoms with E-state index >= 15 is 0 Å². The second kappa shape index (κ2) is 5.53. The second-order valence-corrected chi connectivity index (χ2v) is 5.97. The smallest absolute Gasteiger partial charge is 0.251 e. The number of hydrogen-bond acceptors (Lipinski definition) is 2. The Morgan fingerprint density at radius 1 is 1.33 bits per heavy atom. The van der Waals surface area contributed by atoms with Gasteiger partial charge in [0.05, 0.1) is 22.1 Å². The van der Waals surface area contributed by atoms with Crippen molar-refractivity contribution in [3.8, 4) is 5.69 Å². The monoisotopic (exact) mass is 303 g/mol. The molecule has 1 saturated carbocycles. The third-order valence-electron chi connectivity index (χ3n) is 3.83. The fourth-order valence-corrected chi connectivity index (χ4v) is 2.41. The van der Waals surface area contributed by atoms with Gasteiger partial charge in [0.1, 0.15) is 0 Å². The summed E-state index contributed by atoms with van der Waals surface area (Å²) >= 11 is 6.16. The van der Waals surface area contributed by atoms with Crippen molar-refractivity contribution in [3.63, 3.8) is 0 Å². The van der Waals surface area contributed by atoms with Gasteiger partial charge in [-0.3, -0.25) is 4.79 Å². The van der Waals surface area contributed by atoms with E-state index in [1.54, 1.807) is 4.68 Å². The Morgan fingerprint density at radius 3 is 2.52 bits per heavy atom. The highest BCUT2D eigenvalue weighted by Gasteiger charge is 2.21. The molecule has 1 heterocycles. The van der Waals surface area contributed by atoms with Crippen molar-refractivity contribution in [2.45, 2.75) is 26.7 Å². The van der Waals surface area contributed by atoms with Crippen molar-refractivity contribution >= 4 is 17.5 Å². The molecule has 0 saturated heterocycles. The van der Waals surface area contributed by atoms with Crippen molar-refractivity contribution in [2.75, 3.05) is 6.54 Å². The standard InChI is InChI=1S/C16H18ClN3O/c1-10-15(17)11(2)20(19-10)14-7-5-13(6-8-14)16(21)18-9-12-3-4-12/h5-8,12H,3-4,9H2,1-2H3,(H,18,21). The Bertz CT molecular complexity index is 672. The van der Waals surface area contributed by atoms with E-state index in [4.69, 9.17) is 11.6 Å². The Balaban J connectivity index is 1.76. The van der Waals surface area contributed by atoms with E-state index in [9.17, 15) is 4.79 Å². The van der Waals surface area contributed by atoms with Crippen LogP contribution in [0.2, 0.25) is 5.02 Å². The molecule has 1 fully saturated rings. The highest BCUT2D eigenvalue weighted by atomic mass is 35.5. The third-order valence-corrected chi connectivity index (χ3v) is 4.37. The average Bonchev–Trinajstić information content (AvgIpc) is 3.29. The second-order valence-electron chi connectivity index (χ2n) is 5.60. The summed E-state index contributed by atoms with van der Waals surface area (Å²) in [5, 5.41) is 8.05. The molecule has 2 aromatic rings. The minimum atomic E-state index is -0.0140. The molecule has 1 aliphatic rings. The first-order valence-electron chi connectivity index (χ1n) is 7.16. The van der Waals surface area contributed by atoms with E-state index in [-0.39, 0.29) is 5.91 Å². The van der Waals surface area contributed by atoms with Gasteiger partial charge in [-0.15, -0.1) is 0 Å². The molecule has 0 radical (unpaired) electrons. The Kier molecular flexibility index (Phi) is 3.72. The van der Waals surface area contributed by atoms with Gasteiger partial charge in [-0.1, -0.05) is 11.6 Å². The van der Waals surface area contributed by atoms with Crippen LogP contribution in [0.5, 0.6) is 0 Å². The number of hydrogen-bond donors (Lipinski definition) is 1. The molecule has 0 unspecified atom stereocenters. The van der Waals surface area contributed by atoms with Crippen LogP contribution in [-0.2, 0) is 0 Å². The molecule has 4 nitrogen and oxygen atoms in total. The van der Waals surface area contributed by atoms with Crippen LogP contribution in [0.1, 0.15) is 34.6 Å². The summed E-state index contributed by atoms with van der Waals surface area (Å²) < 4.78 is 1.80. The number of aryl methyl sites for hydroxylation is 1. The molecule has 3 rings (SSSR count). The minimum absolute atomic E-state index is 0.0140. The van der Waals surface area contributed by atoms with E-state index in [1.807, 2.05) is 38.1 Å². The van der Waals surface area contributed by atoms with E-state index in [0.29, 0.717) is 16.5 Å². The molecule has 5 heteroatoms. The van der Waals surface area contributed by atoms with E-state index < -0.39 is 0 Å². The van der Waals surface area contributed by atoms with Gasteiger partial charge in [0.15, 0.2) is 0 Å². The van der Waals surface area contributed by atoms with Crippen LogP contribution in [0.4, 0.5) is 0 Å². The van der Waals surface area contributed by atoms with E-state index in [0.717, 1.165) is 23.6 Å². The quantitative estimate of drug-likeness (QED) is 0.942. The van der Waals surface area contributed by atoms with Crippen LogP contribution < -0.4 is 5.32 Å². The van der Waals surface area contributed by atoms with Gasteiger partial charge >= 0.3 is 0 Å². The molecule has 0 atom stereocenters. The van der Waals surface area contributed by atoms with Crippen LogP contribution in [-0.4, -0.2) is 22.2 Å². The molecule has 1 N–H and O–H groups in total. The molecule has 110 valence electrons. The number of halogens is 1. The van der Waals surface area contributed by atoms with Crippen molar-refractivity contribution in [1.29, 1.82) is 0 Å². The van der Waals surface area contributed by atoms with Crippen molar-refractivity contribution in [3.05, 3.63) is 46.2 Å². The lowest BCUT2D eigenvalue weighted by Crippen LogP contribution is -2.25. The third kappa shape index (κ3) is 2.95. The number of amides is 1. The van der Waals surface area contributed by atoms with Gasteiger partial charge in [-0.25, -0.2) is 4.68 Å². The average molecular weight is 304 g/mol. The number of rotatable bonds is 4. The molecule has 1 aliphatic carbocycles. The molecular formula is C16H18ClN3O. The largest absolute Gasteiger partial charge is 0.352 e. The van der Waals surface area contributed by atoms with Gasteiger partial charge < -0.3 is 5.32 Å². The van der Waals surface area contributed by atoms with Crippen LogP contribution in [0, 0.1) is 19.8 Å². The molecule has 0 spiro atoms. The van der Waals surface area contributed by atoms with Crippen molar-refractivity contribution < 1.29 is 4.79 Å². The summed E-state index contributed by atoms with van der Waals surface area (Å²) in [7, 11) is 0. The number of carbonyl (C=O) groups excluding carboxylic acids is 1. The summed E-state index contributed by atoms with van der Waals surface area (Å²) in [5.41, 5.74) is 3.29. The summed E-state index contributed by atoms with van der Waals surface area (Å²) in [4.78, 5) is 12.0. The van der Waals surface area contributed by atoms with Crippen LogP contribution in [0.15, 0.2) is 24.3 Å². The fraction of sp³-hybridized carbons (Fsp3) is 0.375. The van der Waals surface area contributed by atoms with Crippen LogP contribution >= 0.6 is 11.6 Å². The van der Waals surface area contributed by atoms with Crippen LogP contribution in [0.25, 0.3) is 5.69 Å². The summed E-state index contributed by atoms with van der Waals surface area (Å²) in [5.74, 6) is 0.671. The van der Waals surface area contributed by atoms with Gasteiger partial charge in [-0.05, 0) is 56.9 Å². The maximum atomic E-state index is 12.0. The number of benzene rings is 1. The normalized spacial score (nSPS) is 14.2. The molecule has 0 bridgehead atoms. The highest BCUT2D eigenvalue weighted by Crippen LogP contribution is 2.27. The molecule has 0 aliphatic heterocycles.